The molecule has 1 aromatic heterocycles. The number of aromatic nitrogens is 1. The average molecular weight is 402 g/mol. The Morgan fingerprint density at radius 2 is 1.83 bits per heavy atom. The summed E-state index contributed by atoms with van der Waals surface area (Å²) in [6.07, 6.45) is 1.63. The molecule has 1 fully saturated rings. The maximum Gasteiger partial charge on any atom is 0.228 e. The largest absolute Gasteiger partial charge is 0.360 e. The van der Waals surface area contributed by atoms with Crippen molar-refractivity contribution >= 4 is 5.91 Å². The number of carbonyl (C=O) groups excluding carboxylic acids is 1. The van der Waals surface area contributed by atoms with Gasteiger partial charge < -0.3 is 9.42 Å². The third-order valence-electron chi connectivity index (χ3n) is 6.26. The lowest BCUT2D eigenvalue weighted by molar-refractivity contribution is -0.136. The topological polar surface area (TPSA) is 70.4 Å². The summed E-state index contributed by atoms with van der Waals surface area (Å²) < 4.78 is 5.64. The highest BCUT2D eigenvalue weighted by Crippen LogP contribution is 2.32. The van der Waals surface area contributed by atoms with E-state index in [9.17, 15) is 4.79 Å². The molecule has 154 valence electrons. The molecule has 3 heterocycles. The molecule has 1 amide bonds. The van der Waals surface area contributed by atoms with Gasteiger partial charge in [-0.25, -0.2) is 0 Å². The van der Waals surface area contributed by atoms with Gasteiger partial charge in [0.05, 0.1) is 12.5 Å². The van der Waals surface area contributed by atoms with Crippen LogP contribution in [0.3, 0.4) is 0 Å². The number of fused-ring (bicyclic) bond motifs is 1. The van der Waals surface area contributed by atoms with Crippen molar-refractivity contribution in [2.24, 2.45) is 5.92 Å². The van der Waals surface area contributed by atoms with Crippen LogP contribution in [0.25, 0.3) is 22.4 Å². The summed E-state index contributed by atoms with van der Waals surface area (Å²) in [7, 11) is 0. The standard InChI is InChI=1S/C24H26N4O2/c1-2-21-19(14-25-26-21)24(29)28-13-12-22-20(15-28)23(27-30-22)18-10-8-17(9-11-18)16-6-4-3-5-7-16/h3-11,19,21,25-26H,2,12-15H2,1H3. The summed E-state index contributed by atoms with van der Waals surface area (Å²) in [4.78, 5) is 15.1. The summed E-state index contributed by atoms with van der Waals surface area (Å²) in [5.41, 5.74) is 11.6. The number of nitrogens with zero attached hydrogens (tertiary/aromatic N) is 2. The van der Waals surface area contributed by atoms with Crippen LogP contribution in [0.4, 0.5) is 0 Å². The molecule has 2 aliphatic heterocycles. The molecule has 6 nitrogen and oxygen atoms in total. The molecule has 0 spiro atoms. The van der Waals surface area contributed by atoms with Crippen LogP contribution in [0.2, 0.25) is 0 Å². The van der Waals surface area contributed by atoms with Crippen molar-refractivity contribution in [3.8, 4) is 22.4 Å². The third kappa shape index (κ3) is 3.42. The van der Waals surface area contributed by atoms with Crippen LogP contribution in [0.5, 0.6) is 0 Å². The van der Waals surface area contributed by atoms with E-state index >= 15 is 0 Å². The minimum Gasteiger partial charge on any atom is -0.360 e. The lowest BCUT2D eigenvalue weighted by atomic mass is 9.95. The first-order chi connectivity index (χ1) is 14.7. The Kier molecular flexibility index (Phi) is 5.11. The monoisotopic (exact) mass is 402 g/mol. The highest BCUT2D eigenvalue weighted by atomic mass is 16.5. The van der Waals surface area contributed by atoms with E-state index in [4.69, 9.17) is 4.52 Å². The Hall–Kier alpha value is -2.96. The van der Waals surface area contributed by atoms with Crippen molar-refractivity contribution in [3.05, 3.63) is 65.9 Å². The molecule has 2 N–H and O–H groups in total. The van der Waals surface area contributed by atoms with E-state index in [1.165, 1.54) is 11.1 Å². The maximum absolute atomic E-state index is 13.1. The van der Waals surface area contributed by atoms with Gasteiger partial charge in [0, 0.05) is 36.7 Å². The number of hydrogen-bond donors (Lipinski definition) is 2. The number of benzene rings is 2. The molecule has 0 bridgehead atoms. The number of nitrogens with one attached hydrogen (secondary N) is 2. The minimum absolute atomic E-state index is 0.0231. The smallest absolute Gasteiger partial charge is 0.228 e. The summed E-state index contributed by atoms with van der Waals surface area (Å²) in [6.45, 7) is 4.02. The van der Waals surface area contributed by atoms with E-state index in [0.717, 1.165) is 29.0 Å². The molecular weight excluding hydrogens is 376 g/mol. The predicted octanol–water partition coefficient (Wildman–Crippen LogP) is 3.40. The van der Waals surface area contributed by atoms with Crippen molar-refractivity contribution in [1.29, 1.82) is 0 Å². The molecule has 3 aromatic rings. The van der Waals surface area contributed by atoms with E-state index in [-0.39, 0.29) is 17.9 Å². The molecule has 2 atom stereocenters. The van der Waals surface area contributed by atoms with Gasteiger partial charge in [0.1, 0.15) is 11.5 Å². The van der Waals surface area contributed by atoms with Gasteiger partial charge in [-0.15, -0.1) is 0 Å². The Morgan fingerprint density at radius 1 is 1.10 bits per heavy atom. The van der Waals surface area contributed by atoms with Gasteiger partial charge in [-0.1, -0.05) is 66.7 Å². The Morgan fingerprint density at radius 3 is 2.60 bits per heavy atom. The quantitative estimate of drug-likeness (QED) is 0.700. The Labute approximate surface area is 176 Å². The molecule has 0 aliphatic carbocycles. The summed E-state index contributed by atoms with van der Waals surface area (Å²) in [5.74, 6) is 1.08. The van der Waals surface area contributed by atoms with E-state index < -0.39 is 0 Å². The van der Waals surface area contributed by atoms with Gasteiger partial charge in [0.15, 0.2) is 0 Å². The number of carbonyl (C=O) groups is 1. The van der Waals surface area contributed by atoms with Crippen molar-refractivity contribution < 1.29 is 9.32 Å². The maximum atomic E-state index is 13.1. The van der Waals surface area contributed by atoms with E-state index in [1.807, 2.05) is 23.1 Å². The summed E-state index contributed by atoms with van der Waals surface area (Å²) in [5, 5.41) is 4.36. The number of hydrogen-bond acceptors (Lipinski definition) is 5. The van der Waals surface area contributed by atoms with Crippen LogP contribution in [-0.2, 0) is 17.8 Å². The molecule has 2 aliphatic rings. The van der Waals surface area contributed by atoms with Crippen molar-refractivity contribution in [3.63, 3.8) is 0 Å². The highest BCUT2D eigenvalue weighted by molar-refractivity contribution is 5.81. The van der Waals surface area contributed by atoms with Gasteiger partial charge >= 0.3 is 0 Å². The minimum atomic E-state index is -0.0231. The summed E-state index contributed by atoms with van der Waals surface area (Å²) >= 11 is 0. The second-order valence-corrected chi connectivity index (χ2v) is 8.03. The molecule has 5 rings (SSSR count). The second kappa shape index (κ2) is 8.05. The van der Waals surface area contributed by atoms with E-state index in [1.54, 1.807) is 0 Å². The van der Waals surface area contributed by atoms with Crippen molar-refractivity contribution in [1.82, 2.24) is 20.9 Å². The van der Waals surface area contributed by atoms with Gasteiger partial charge in [0.2, 0.25) is 5.91 Å². The van der Waals surface area contributed by atoms with Gasteiger partial charge in [-0.2, -0.15) is 0 Å². The molecule has 2 unspecified atom stereocenters. The van der Waals surface area contributed by atoms with Crippen LogP contribution >= 0.6 is 0 Å². The number of amides is 1. The lowest BCUT2D eigenvalue weighted by Crippen LogP contribution is -2.44. The predicted molar refractivity (Wildman–Crippen MR) is 115 cm³/mol. The fraction of sp³-hybridized carbons (Fsp3) is 0.333. The van der Waals surface area contributed by atoms with Gasteiger partial charge in [-0.05, 0) is 17.5 Å². The van der Waals surface area contributed by atoms with E-state index in [2.05, 4.69) is 59.3 Å². The number of rotatable bonds is 4. The number of hydrazine groups is 1. The Bertz CT molecular complexity index is 1030. The molecule has 6 heteroatoms. The third-order valence-corrected chi connectivity index (χ3v) is 6.26. The average Bonchev–Trinajstić information content (AvgIpc) is 3.46. The Balaban J connectivity index is 1.38. The van der Waals surface area contributed by atoms with Crippen LogP contribution in [-0.4, -0.2) is 35.1 Å². The van der Waals surface area contributed by atoms with E-state index in [0.29, 0.717) is 26.1 Å². The lowest BCUT2D eigenvalue weighted by Gasteiger charge is -2.30. The van der Waals surface area contributed by atoms with Crippen LogP contribution < -0.4 is 10.9 Å². The van der Waals surface area contributed by atoms with Gasteiger partial charge in [0.25, 0.3) is 0 Å². The van der Waals surface area contributed by atoms with Crippen LogP contribution in [0.1, 0.15) is 24.7 Å². The zero-order valence-electron chi connectivity index (χ0n) is 17.1. The fourth-order valence-electron chi connectivity index (χ4n) is 4.50. The zero-order chi connectivity index (χ0) is 20.5. The van der Waals surface area contributed by atoms with Crippen molar-refractivity contribution in [2.45, 2.75) is 32.4 Å². The highest BCUT2D eigenvalue weighted by Gasteiger charge is 2.36. The first kappa shape index (κ1) is 19.0. The molecule has 2 aromatic carbocycles. The molecular formula is C24H26N4O2. The van der Waals surface area contributed by atoms with Crippen LogP contribution in [0.15, 0.2) is 59.1 Å². The normalized spacial score (nSPS) is 20.9. The van der Waals surface area contributed by atoms with Crippen molar-refractivity contribution in [2.75, 3.05) is 13.1 Å². The SMILES string of the molecule is CCC1NNCC1C(=O)N1CCc2onc(-c3ccc(-c4ccccc4)cc3)c2C1. The molecule has 30 heavy (non-hydrogen) atoms. The van der Waals surface area contributed by atoms with Crippen LogP contribution in [0, 0.1) is 5.92 Å². The fourth-order valence-corrected chi connectivity index (χ4v) is 4.50. The molecule has 0 radical (unpaired) electrons. The second-order valence-electron chi connectivity index (χ2n) is 8.03. The summed E-state index contributed by atoms with van der Waals surface area (Å²) in [6, 6.07) is 18.9. The van der Waals surface area contributed by atoms with Gasteiger partial charge in [-0.3, -0.25) is 15.6 Å². The zero-order valence-corrected chi connectivity index (χ0v) is 17.1. The first-order valence-corrected chi connectivity index (χ1v) is 10.6. The molecule has 0 saturated carbocycles. The molecule has 1 saturated heterocycles. The first-order valence-electron chi connectivity index (χ1n) is 10.6.